The molecule has 0 unspecified atom stereocenters. The predicted octanol–water partition coefficient (Wildman–Crippen LogP) is 4.19. The second-order valence-corrected chi connectivity index (χ2v) is 5.60. The van der Waals surface area contributed by atoms with Crippen molar-refractivity contribution in [3.05, 3.63) is 90.5 Å². The first-order valence-corrected chi connectivity index (χ1v) is 7.95. The third-order valence-electron chi connectivity index (χ3n) is 3.92. The zero-order valence-corrected chi connectivity index (χ0v) is 13.4. The first kappa shape index (κ1) is 15.2. The molecule has 0 N–H and O–H groups in total. The van der Waals surface area contributed by atoms with Gasteiger partial charge in [-0.25, -0.2) is 14.4 Å². The Kier molecular flexibility index (Phi) is 4.04. The van der Waals surface area contributed by atoms with Gasteiger partial charge in [-0.15, -0.1) is 0 Å². The molecule has 0 aliphatic carbocycles. The SMILES string of the molecule is Fc1ccccc1Cn1nc(-c2ncccn2)cc1-c1ccccc1. The summed E-state index contributed by atoms with van der Waals surface area (Å²) < 4.78 is 15.9. The molecule has 0 radical (unpaired) electrons. The fourth-order valence-corrected chi connectivity index (χ4v) is 2.71. The van der Waals surface area contributed by atoms with E-state index in [0.29, 0.717) is 23.6 Å². The van der Waals surface area contributed by atoms with E-state index in [1.54, 1.807) is 35.3 Å². The van der Waals surface area contributed by atoms with Gasteiger partial charge in [-0.1, -0.05) is 48.5 Å². The largest absolute Gasteiger partial charge is 0.260 e. The summed E-state index contributed by atoms with van der Waals surface area (Å²) in [7, 11) is 0. The molecular formula is C20H15FN4. The van der Waals surface area contributed by atoms with E-state index in [1.165, 1.54) is 6.07 Å². The summed E-state index contributed by atoms with van der Waals surface area (Å²) in [5, 5.41) is 4.62. The zero-order chi connectivity index (χ0) is 17.1. The molecule has 2 aromatic heterocycles. The molecule has 122 valence electrons. The minimum absolute atomic E-state index is 0.241. The molecule has 2 aromatic carbocycles. The summed E-state index contributed by atoms with van der Waals surface area (Å²) in [6.45, 7) is 0.337. The van der Waals surface area contributed by atoms with Crippen molar-refractivity contribution in [2.24, 2.45) is 0 Å². The van der Waals surface area contributed by atoms with Crippen LogP contribution in [0.15, 0.2) is 79.1 Å². The summed E-state index contributed by atoms with van der Waals surface area (Å²) in [5.74, 6) is 0.307. The fourth-order valence-electron chi connectivity index (χ4n) is 2.71. The molecule has 0 aliphatic rings. The van der Waals surface area contributed by atoms with Gasteiger partial charge in [0.1, 0.15) is 11.5 Å². The number of hydrogen-bond acceptors (Lipinski definition) is 3. The summed E-state index contributed by atoms with van der Waals surface area (Å²) in [6, 6.07) is 20.3. The van der Waals surface area contributed by atoms with Crippen LogP contribution in [-0.2, 0) is 6.54 Å². The fraction of sp³-hybridized carbons (Fsp3) is 0.0500. The van der Waals surface area contributed by atoms with Gasteiger partial charge in [-0.2, -0.15) is 5.10 Å². The standard InChI is InChI=1S/C20H15FN4/c21-17-10-5-4-9-16(17)14-25-19(15-7-2-1-3-8-15)13-18(24-25)20-22-11-6-12-23-20/h1-13H,14H2. The average Bonchev–Trinajstić information content (AvgIpc) is 3.09. The number of nitrogens with zero attached hydrogens (tertiary/aromatic N) is 4. The Labute approximate surface area is 144 Å². The molecule has 0 spiro atoms. The lowest BCUT2D eigenvalue weighted by atomic mass is 10.1. The zero-order valence-electron chi connectivity index (χ0n) is 13.4. The second kappa shape index (κ2) is 6.65. The minimum Gasteiger partial charge on any atom is -0.260 e. The number of aromatic nitrogens is 4. The molecule has 4 aromatic rings. The molecule has 0 atom stereocenters. The maximum atomic E-state index is 14.1. The van der Waals surface area contributed by atoms with Crippen molar-refractivity contribution in [1.29, 1.82) is 0 Å². The Bertz CT molecular complexity index is 981. The first-order chi connectivity index (χ1) is 12.3. The Hall–Kier alpha value is -3.34. The first-order valence-electron chi connectivity index (χ1n) is 7.95. The third kappa shape index (κ3) is 3.17. The van der Waals surface area contributed by atoms with Crippen LogP contribution in [0.4, 0.5) is 4.39 Å². The van der Waals surface area contributed by atoms with Gasteiger partial charge < -0.3 is 0 Å². The van der Waals surface area contributed by atoms with E-state index in [2.05, 4.69) is 15.1 Å². The molecule has 0 amide bonds. The van der Waals surface area contributed by atoms with Crippen molar-refractivity contribution in [3.63, 3.8) is 0 Å². The molecule has 0 bridgehead atoms. The van der Waals surface area contributed by atoms with Crippen molar-refractivity contribution < 1.29 is 4.39 Å². The van der Waals surface area contributed by atoms with Gasteiger partial charge >= 0.3 is 0 Å². The molecule has 4 rings (SSSR count). The number of hydrogen-bond donors (Lipinski definition) is 0. The molecule has 0 aliphatic heterocycles. The van der Waals surface area contributed by atoms with Crippen molar-refractivity contribution in [2.45, 2.75) is 6.54 Å². The number of halogens is 1. The molecule has 0 fully saturated rings. The molecule has 2 heterocycles. The van der Waals surface area contributed by atoms with E-state index in [9.17, 15) is 4.39 Å². The maximum absolute atomic E-state index is 14.1. The van der Waals surface area contributed by atoms with E-state index in [4.69, 9.17) is 0 Å². The lowest BCUT2D eigenvalue weighted by molar-refractivity contribution is 0.587. The highest BCUT2D eigenvalue weighted by Gasteiger charge is 2.14. The quantitative estimate of drug-likeness (QED) is 0.563. The molecule has 0 saturated heterocycles. The van der Waals surface area contributed by atoms with Gasteiger partial charge in [0.05, 0.1) is 12.2 Å². The molecule has 0 saturated carbocycles. The van der Waals surface area contributed by atoms with E-state index in [0.717, 1.165) is 11.3 Å². The Morgan fingerprint density at radius 2 is 1.56 bits per heavy atom. The van der Waals surface area contributed by atoms with Gasteiger partial charge in [0.2, 0.25) is 0 Å². The van der Waals surface area contributed by atoms with Gasteiger partial charge in [0, 0.05) is 18.0 Å². The van der Waals surface area contributed by atoms with Crippen molar-refractivity contribution in [2.75, 3.05) is 0 Å². The summed E-state index contributed by atoms with van der Waals surface area (Å²) in [4.78, 5) is 8.52. The van der Waals surface area contributed by atoms with Crippen LogP contribution in [0.2, 0.25) is 0 Å². The number of benzene rings is 2. The van der Waals surface area contributed by atoms with E-state index >= 15 is 0 Å². The van der Waals surface area contributed by atoms with Gasteiger partial charge in [0.25, 0.3) is 0 Å². The third-order valence-corrected chi connectivity index (χ3v) is 3.92. The molecule has 5 heteroatoms. The lowest BCUT2D eigenvalue weighted by Gasteiger charge is -2.08. The topological polar surface area (TPSA) is 43.6 Å². The Morgan fingerprint density at radius 3 is 2.32 bits per heavy atom. The highest BCUT2D eigenvalue weighted by molar-refractivity contribution is 5.65. The van der Waals surface area contributed by atoms with E-state index in [1.807, 2.05) is 42.5 Å². The minimum atomic E-state index is -0.241. The van der Waals surface area contributed by atoms with E-state index < -0.39 is 0 Å². The van der Waals surface area contributed by atoms with Crippen LogP contribution in [-0.4, -0.2) is 19.7 Å². The summed E-state index contributed by atoms with van der Waals surface area (Å²) >= 11 is 0. The van der Waals surface area contributed by atoms with Crippen LogP contribution < -0.4 is 0 Å². The normalized spacial score (nSPS) is 10.8. The van der Waals surface area contributed by atoms with Crippen LogP contribution >= 0.6 is 0 Å². The van der Waals surface area contributed by atoms with Gasteiger partial charge in [-0.05, 0) is 23.8 Å². The van der Waals surface area contributed by atoms with Crippen LogP contribution in [0, 0.1) is 5.82 Å². The molecule has 4 nitrogen and oxygen atoms in total. The van der Waals surface area contributed by atoms with Gasteiger partial charge in [-0.3, -0.25) is 4.68 Å². The Balaban J connectivity index is 1.81. The Morgan fingerprint density at radius 1 is 0.840 bits per heavy atom. The van der Waals surface area contributed by atoms with Gasteiger partial charge in [0.15, 0.2) is 5.82 Å². The van der Waals surface area contributed by atoms with E-state index in [-0.39, 0.29) is 5.82 Å². The van der Waals surface area contributed by atoms with Crippen LogP contribution in [0.25, 0.3) is 22.8 Å². The molecular weight excluding hydrogens is 315 g/mol. The highest BCUT2D eigenvalue weighted by Crippen LogP contribution is 2.25. The average molecular weight is 330 g/mol. The summed E-state index contributed by atoms with van der Waals surface area (Å²) in [5.41, 5.74) is 3.15. The second-order valence-electron chi connectivity index (χ2n) is 5.60. The number of rotatable bonds is 4. The van der Waals surface area contributed by atoms with Crippen LogP contribution in [0.1, 0.15) is 5.56 Å². The monoisotopic (exact) mass is 330 g/mol. The van der Waals surface area contributed by atoms with Crippen molar-refractivity contribution in [3.8, 4) is 22.8 Å². The van der Waals surface area contributed by atoms with Crippen molar-refractivity contribution >= 4 is 0 Å². The highest BCUT2D eigenvalue weighted by atomic mass is 19.1. The smallest absolute Gasteiger partial charge is 0.180 e. The maximum Gasteiger partial charge on any atom is 0.180 e. The van der Waals surface area contributed by atoms with Crippen LogP contribution in [0.3, 0.4) is 0 Å². The van der Waals surface area contributed by atoms with Crippen LogP contribution in [0.5, 0.6) is 0 Å². The lowest BCUT2D eigenvalue weighted by Crippen LogP contribution is -2.05. The predicted molar refractivity (Wildman–Crippen MR) is 94.2 cm³/mol. The summed E-state index contributed by atoms with van der Waals surface area (Å²) in [6.07, 6.45) is 3.36. The van der Waals surface area contributed by atoms with Crippen molar-refractivity contribution in [1.82, 2.24) is 19.7 Å². The molecule has 25 heavy (non-hydrogen) atoms.